The molecule has 6 nitrogen and oxygen atoms in total. The van der Waals surface area contributed by atoms with Crippen LogP contribution in [0.5, 0.6) is 0 Å². The van der Waals surface area contributed by atoms with Crippen molar-refractivity contribution < 1.29 is 9.59 Å². The Balaban J connectivity index is 2.09. The first-order valence-corrected chi connectivity index (χ1v) is 6.80. The second-order valence-electron chi connectivity index (χ2n) is 4.89. The Kier molecular flexibility index (Phi) is 4.90. The number of likely N-dealkylation sites (tertiary alicyclic amines) is 1. The average molecular weight is 286 g/mol. The maximum absolute atomic E-state index is 12.3. The summed E-state index contributed by atoms with van der Waals surface area (Å²) >= 11 is 0. The number of nitrogens with one attached hydrogen (secondary N) is 1. The molecule has 3 N–H and O–H groups in total. The number of aromatic nitrogens is 1. The molecule has 1 unspecified atom stereocenters. The fourth-order valence-corrected chi connectivity index (χ4v) is 2.22. The van der Waals surface area contributed by atoms with Crippen molar-refractivity contribution in [3.05, 3.63) is 29.6 Å². The molecule has 6 heteroatoms. The summed E-state index contributed by atoms with van der Waals surface area (Å²) < 4.78 is 0. The molecule has 1 fully saturated rings. The van der Waals surface area contributed by atoms with E-state index >= 15 is 0 Å². The van der Waals surface area contributed by atoms with Crippen molar-refractivity contribution in [1.29, 1.82) is 0 Å². The fraction of sp³-hybridized carbons (Fsp3) is 0.400. The van der Waals surface area contributed by atoms with E-state index in [1.165, 1.54) is 0 Å². The van der Waals surface area contributed by atoms with Crippen molar-refractivity contribution in [1.82, 2.24) is 15.2 Å². The van der Waals surface area contributed by atoms with E-state index in [-0.39, 0.29) is 30.1 Å². The van der Waals surface area contributed by atoms with Crippen LogP contribution in [0.3, 0.4) is 0 Å². The van der Waals surface area contributed by atoms with Crippen LogP contribution in [0.4, 0.5) is 0 Å². The molecule has 0 bridgehead atoms. The number of nitrogens with zero attached hydrogens (tertiary/aromatic N) is 2. The first kappa shape index (κ1) is 15.0. The molecule has 1 atom stereocenters. The smallest absolute Gasteiger partial charge is 0.271 e. The highest BCUT2D eigenvalue weighted by molar-refractivity contribution is 5.95. The molecular formula is C15H18N4O2. The SMILES string of the molecule is CN1CC(NC(=O)c2ncccc2C#CCN)CCC1=O. The van der Waals surface area contributed by atoms with E-state index in [4.69, 9.17) is 5.73 Å². The van der Waals surface area contributed by atoms with Crippen LogP contribution in [0, 0.1) is 11.8 Å². The number of hydrogen-bond acceptors (Lipinski definition) is 4. The van der Waals surface area contributed by atoms with Gasteiger partial charge in [-0.15, -0.1) is 0 Å². The van der Waals surface area contributed by atoms with E-state index in [1.807, 2.05) is 0 Å². The molecule has 1 aliphatic rings. The van der Waals surface area contributed by atoms with Gasteiger partial charge in [0, 0.05) is 32.3 Å². The van der Waals surface area contributed by atoms with Gasteiger partial charge in [0.05, 0.1) is 12.1 Å². The number of pyridine rings is 1. The van der Waals surface area contributed by atoms with E-state index in [0.717, 1.165) is 0 Å². The molecule has 0 aliphatic carbocycles. The molecular weight excluding hydrogens is 268 g/mol. The molecule has 2 rings (SSSR count). The van der Waals surface area contributed by atoms with Gasteiger partial charge in [-0.05, 0) is 18.6 Å². The van der Waals surface area contributed by atoms with E-state index in [0.29, 0.717) is 24.9 Å². The molecule has 0 spiro atoms. The largest absolute Gasteiger partial charge is 0.346 e. The lowest BCUT2D eigenvalue weighted by Gasteiger charge is -2.30. The number of rotatable bonds is 2. The van der Waals surface area contributed by atoms with Gasteiger partial charge in [-0.1, -0.05) is 11.8 Å². The zero-order valence-corrected chi connectivity index (χ0v) is 11.9. The zero-order chi connectivity index (χ0) is 15.2. The van der Waals surface area contributed by atoms with Gasteiger partial charge in [-0.2, -0.15) is 0 Å². The van der Waals surface area contributed by atoms with Crippen LogP contribution in [0.1, 0.15) is 28.9 Å². The van der Waals surface area contributed by atoms with Gasteiger partial charge >= 0.3 is 0 Å². The molecule has 1 aromatic heterocycles. The van der Waals surface area contributed by atoms with Crippen molar-refractivity contribution >= 4 is 11.8 Å². The maximum atomic E-state index is 12.3. The van der Waals surface area contributed by atoms with Crippen LogP contribution in [-0.2, 0) is 4.79 Å². The summed E-state index contributed by atoms with van der Waals surface area (Å²) in [5, 5.41) is 2.91. The van der Waals surface area contributed by atoms with E-state index < -0.39 is 0 Å². The molecule has 1 aromatic rings. The lowest BCUT2D eigenvalue weighted by Crippen LogP contribution is -2.48. The summed E-state index contributed by atoms with van der Waals surface area (Å²) in [7, 11) is 1.74. The van der Waals surface area contributed by atoms with Crippen LogP contribution >= 0.6 is 0 Å². The van der Waals surface area contributed by atoms with Gasteiger partial charge in [-0.25, -0.2) is 4.98 Å². The van der Waals surface area contributed by atoms with Crippen LogP contribution in [0.2, 0.25) is 0 Å². The number of likely N-dealkylation sites (N-methyl/N-ethyl adjacent to an activating group) is 1. The summed E-state index contributed by atoms with van der Waals surface area (Å²) in [5.74, 6) is 5.40. The topological polar surface area (TPSA) is 88.3 Å². The number of carbonyl (C=O) groups excluding carboxylic acids is 2. The van der Waals surface area contributed by atoms with Crippen LogP contribution in [0.25, 0.3) is 0 Å². The third kappa shape index (κ3) is 3.80. The summed E-state index contributed by atoms with van der Waals surface area (Å²) in [4.78, 5) is 29.5. The van der Waals surface area contributed by atoms with Crippen LogP contribution in [0.15, 0.2) is 18.3 Å². The van der Waals surface area contributed by atoms with Crippen LogP contribution < -0.4 is 11.1 Å². The van der Waals surface area contributed by atoms with Gasteiger partial charge in [0.15, 0.2) is 0 Å². The molecule has 2 amide bonds. The maximum Gasteiger partial charge on any atom is 0.271 e. The minimum atomic E-state index is -0.273. The number of piperidine rings is 1. The summed E-state index contributed by atoms with van der Waals surface area (Å²) in [6, 6.07) is 3.41. The molecule has 0 aromatic carbocycles. The Morgan fingerprint density at radius 2 is 2.43 bits per heavy atom. The monoisotopic (exact) mass is 286 g/mol. The van der Waals surface area contributed by atoms with E-state index in [2.05, 4.69) is 22.1 Å². The van der Waals surface area contributed by atoms with Crippen molar-refractivity contribution in [2.75, 3.05) is 20.1 Å². The van der Waals surface area contributed by atoms with E-state index in [9.17, 15) is 9.59 Å². The Labute approximate surface area is 123 Å². The van der Waals surface area contributed by atoms with Gasteiger partial charge < -0.3 is 16.0 Å². The van der Waals surface area contributed by atoms with Crippen LogP contribution in [-0.4, -0.2) is 47.9 Å². The summed E-state index contributed by atoms with van der Waals surface area (Å²) in [6.45, 7) is 0.743. The van der Waals surface area contributed by atoms with Gasteiger partial charge in [0.25, 0.3) is 5.91 Å². The lowest BCUT2D eigenvalue weighted by atomic mass is 10.1. The van der Waals surface area contributed by atoms with Gasteiger partial charge in [-0.3, -0.25) is 9.59 Å². The second-order valence-corrected chi connectivity index (χ2v) is 4.89. The molecule has 110 valence electrons. The molecule has 2 heterocycles. The fourth-order valence-electron chi connectivity index (χ4n) is 2.22. The highest BCUT2D eigenvalue weighted by atomic mass is 16.2. The first-order valence-electron chi connectivity index (χ1n) is 6.80. The van der Waals surface area contributed by atoms with E-state index in [1.54, 1.807) is 30.3 Å². The summed E-state index contributed by atoms with van der Waals surface area (Å²) in [6.07, 6.45) is 2.65. The number of hydrogen-bond donors (Lipinski definition) is 2. The molecule has 1 aliphatic heterocycles. The Hall–Kier alpha value is -2.39. The predicted molar refractivity (Wildman–Crippen MR) is 78.3 cm³/mol. The normalized spacial score (nSPS) is 17.9. The first-order chi connectivity index (χ1) is 10.1. The van der Waals surface area contributed by atoms with Gasteiger partial charge in [0.2, 0.25) is 5.91 Å². The third-order valence-corrected chi connectivity index (χ3v) is 3.31. The molecule has 0 saturated carbocycles. The summed E-state index contributed by atoms with van der Waals surface area (Å²) in [5.41, 5.74) is 6.19. The number of nitrogens with two attached hydrogens (primary N) is 1. The molecule has 1 saturated heterocycles. The quantitative estimate of drug-likeness (QED) is 0.733. The van der Waals surface area contributed by atoms with Crippen molar-refractivity contribution in [3.8, 4) is 11.8 Å². The number of amides is 2. The number of carbonyl (C=O) groups is 2. The van der Waals surface area contributed by atoms with Crippen molar-refractivity contribution in [2.45, 2.75) is 18.9 Å². The lowest BCUT2D eigenvalue weighted by molar-refractivity contribution is -0.132. The molecule has 0 radical (unpaired) electrons. The second kappa shape index (κ2) is 6.86. The molecule has 21 heavy (non-hydrogen) atoms. The minimum absolute atomic E-state index is 0.0578. The Morgan fingerprint density at radius 1 is 1.62 bits per heavy atom. The zero-order valence-electron chi connectivity index (χ0n) is 11.9. The van der Waals surface area contributed by atoms with Crippen molar-refractivity contribution in [3.63, 3.8) is 0 Å². The van der Waals surface area contributed by atoms with Crippen molar-refractivity contribution in [2.24, 2.45) is 5.73 Å². The third-order valence-electron chi connectivity index (χ3n) is 3.31. The Bertz CT molecular complexity index is 603. The van der Waals surface area contributed by atoms with Gasteiger partial charge in [0.1, 0.15) is 5.69 Å². The Morgan fingerprint density at radius 3 is 3.14 bits per heavy atom. The minimum Gasteiger partial charge on any atom is -0.346 e. The predicted octanol–water partition coefficient (Wildman–Crippen LogP) is -0.258. The standard InChI is InChI=1S/C15H18N4O2/c1-19-10-12(6-7-13(19)20)18-15(21)14-11(4-2-8-16)5-3-9-17-14/h3,5,9,12H,6-8,10,16H2,1H3,(H,18,21). The highest BCUT2D eigenvalue weighted by Gasteiger charge is 2.25. The average Bonchev–Trinajstić information content (AvgIpc) is 2.49. The highest BCUT2D eigenvalue weighted by Crippen LogP contribution is 2.11.